The van der Waals surface area contributed by atoms with E-state index in [1.807, 2.05) is 0 Å². The Morgan fingerprint density at radius 3 is 1.39 bits per heavy atom. The first-order valence-corrected chi connectivity index (χ1v) is 33.7. The number of hydrogen-bond acceptors (Lipinski definition) is 3. The minimum absolute atomic E-state index is 0.0235. The van der Waals surface area contributed by atoms with E-state index in [0.29, 0.717) is 12.1 Å². The van der Waals surface area contributed by atoms with E-state index in [0.717, 1.165) is 28.9 Å². The minimum Gasteiger partial charge on any atom is -0.365 e. The van der Waals surface area contributed by atoms with Crippen LogP contribution in [0.5, 0.6) is 0 Å². The van der Waals surface area contributed by atoms with Gasteiger partial charge in [-0.25, -0.2) is 0 Å². The van der Waals surface area contributed by atoms with E-state index in [1.165, 1.54) is 176 Å². The molecule has 4 aliphatic heterocycles. The second-order valence-electron chi connectivity index (χ2n) is 29.7. The summed E-state index contributed by atoms with van der Waals surface area (Å²) in [6.07, 6.45) is 6.54. The van der Waals surface area contributed by atoms with Crippen molar-refractivity contribution in [3.05, 3.63) is 260 Å². The normalized spacial score (nSPS) is 18.2. The van der Waals surface area contributed by atoms with E-state index >= 15 is 0 Å². The monoisotopic (exact) mass is 1180 g/mol. The summed E-state index contributed by atoms with van der Waals surface area (Å²) in [6, 6.07) is 97.4. The molecule has 5 heterocycles. The minimum atomic E-state index is -0.118. The van der Waals surface area contributed by atoms with Crippen molar-refractivity contribution in [2.24, 2.45) is 11.8 Å². The van der Waals surface area contributed by atoms with Gasteiger partial charge in [0.2, 0.25) is 0 Å². The molecule has 0 atom stereocenters. The topological polar surface area (TPSA) is 14.7 Å². The van der Waals surface area contributed by atoms with Gasteiger partial charge >= 0.3 is 0 Å². The zero-order chi connectivity index (χ0) is 61.5. The number of para-hydroxylation sites is 2. The number of nitrogens with zero attached hydrogens (tertiary/aromatic N) is 4. The van der Waals surface area contributed by atoms with E-state index in [1.54, 1.807) is 0 Å². The number of hydrogen-bond donors (Lipinski definition) is 0. The van der Waals surface area contributed by atoms with Gasteiger partial charge in [-0.15, -0.1) is 0 Å². The SMILES string of the molecule is CC(C)(C)c1cc2ccc3cc(C(C)(C)C)cc4c(-c5ccc6c(c5)B5c7ccc(-n8c9ccccc9c9ccccc98)cc7N(c7ccc(-c8ccccc8)cc7)c7cc(N8C9CC%10CC(C9)CC8C%10)cc(c75)N6c5ccc(-c6ccccc6)cc5)cc(c1)c2c34. The summed E-state index contributed by atoms with van der Waals surface area (Å²) in [6.45, 7) is 14.0. The predicted octanol–water partition coefficient (Wildman–Crippen LogP) is 21.1. The summed E-state index contributed by atoms with van der Waals surface area (Å²) in [4.78, 5) is 8.27. The Balaban J connectivity index is 0.912. The van der Waals surface area contributed by atoms with Crippen molar-refractivity contribution in [3.8, 4) is 39.1 Å². The largest absolute Gasteiger partial charge is 0.365 e. The number of aromatic nitrogens is 1. The molecular weight excluding hydrogens is 1110 g/mol. The van der Waals surface area contributed by atoms with E-state index < -0.39 is 0 Å². The fourth-order valence-electron chi connectivity index (χ4n) is 18.0. The fraction of sp³-hybridized carbons (Fsp3) is 0.195. The Morgan fingerprint density at radius 1 is 0.337 bits per heavy atom. The second kappa shape index (κ2) is 19.8. The van der Waals surface area contributed by atoms with Crippen LogP contribution in [0.2, 0.25) is 0 Å². The quantitative estimate of drug-likeness (QED) is 0.117. The number of anilines is 7. The third-order valence-corrected chi connectivity index (χ3v) is 22.2. The maximum atomic E-state index is 2.93. The molecule has 0 radical (unpaired) electrons. The third kappa shape index (κ3) is 8.22. The second-order valence-corrected chi connectivity index (χ2v) is 29.7. The summed E-state index contributed by atoms with van der Waals surface area (Å²) in [5.74, 6) is 1.66. The molecule has 13 aromatic carbocycles. The van der Waals surface area contributed by atoms with Crippen LogP contribution in [0.3, 0.4) is 0 Å². The van der Waals surface area contributed by atoms with Gasteiger partial charge in [0.25, 0.3) is 6.71 Å². The van der Waals surface area contributed by atoms with Crippen LogP contribution in [0.1, 0.15) is 84.8 Å². The molecule has 5 heteroatoms. The number of benzene rings is 13. The van der Waals surface area contributed by atoms with Crippen LogP contribution >= 0.6 is 0 Å². The van der Waals surface area contributed by atoms with Gasteiger partial charge in [-0.2, -0.15) is 0 Å². The van der Waals surface area contributed by atoms with Gasteiger partial charge in [0.15, 0.2) is 0 Å². The first-order chi connectivity index (χ1) is 44.8. The highest BCUT2D eigenvalue weighted by molar-refractivity contribution is 7.00. The molecule has 0 amide bonds. The first-order valence-electron chi connectivity index (χ1n) is 33.7. The molecule has 4 bridgehead atoms. The zero-order valence-electron chi connectivity index (χ0n) is 53.4. The van der Waals surface area contributed by atoms with Gasteiger partial charge in [-0.05, 0) is 227 Å². The highest BCUT2D eigenvalue weighted by Crippen LogP contribution is 2.54. The summed E-state index contributed by atoms with van der Waals surface area (Å²) in [5.41, 5.74) is 26.2. The summed E-state index contributed by atoms with van der Waals surface area (Å²) < 4.78 is 2.51. The fourth-order valence-corrected chi connectivity index (χ4v) is 18.0. The lowest BCUT2D eigenvalue weighted by atomic mass is 9.33. The van der Waals surface area contributed by atoms with Gasteiger partial charge < -0.3 is 19.3 Å². The highest BCUT2D eigenvalue weighted by atomic mass is 15.2. The van der Waals surface area contributed by atoms with Gasteiger partial charge in [0.1, 0.15) is 0 Å². The van der Waals surface area contributed by atoms with Crippen LogP contribution in [0, 0.1) is 11.8 Å². The third-order valence-electron chi connectivity index (χ3n) is 22.2. The molecule has 1 aromatic heterocycles. The molecule has 20 rings (SSSR count). The Kier molecular flexibility index (Phi) is 11.6. The summed E-state index contributed by atoms with van der Waals surface area (Å²) in [5, 5.41) is 10.5. The van der Waals surface area contributed by atoms with Crippen LogP contribution in [0.4, 0.5) is 39.8 Å². The van der Waals surface area contributed by atoms with Gasteiger partial charge in [-0.1, -0.05) is 211 Å². The maximum Gasteiger partial charge on any atom is 0.252 e. The molecule has 4 nitrogen and oxygen atoms in total. The Hall–Kier alpha value is -9.84. The molecule has 2 saturated heterocycles. The van der Waals surface area contributed by atoms with Crippen molar-refractivity contribution in [2.75, 3.05) is 14.7 Å². The van der Waals surface area contributed by atoms with Crippen molar-refractivity contribution in [2.45, 2.75) is 96.6 Å². The lowest BCUT2D eigenvalue weighted by Gasteiger charge is -2.58. The molecule has 2 saturated carbocycles. The first kappa shape index (κ1) is 54.0. The summed E-state index contributed by atoms with van der Waals surface area (Å²) >= 11 is 0. The Labute approximate surface area is 540 Å². The van der Waals surface area contributed by atoms with Crippen LogP contribution in [0.25, 0.3) is 93.2 Å². The van der Waals surface area contributed by atoms with Crippen LogP contribution < -0.4 is 31.1 Å². The average molecular weight is 1190 g/mol. The zero-order valence-corrected chi connectivity index (χ0v) is 53.4. The standard InChI is InChI=1S/C87H73BN4/c1-86(2,3)63-44-60-25-26-61-45-64(87(4,5)6)49-74-73(47-62(46-63)83(60)84(61)74)59-31-38-79-76(48-59)88-75-37-36-67(92-77-23-15-13-21-71(77)72-22-14-16-24-78(72)92)50-80(75)91(66-34-29-58(30-35-66)56-19-11-8-12-20-56)82-52-70(89-68-40-53-39-54(42-68)43-69(89)41-53)51-81(85(82)88)90(79)65-32-27-57(28-33-65)55-17-9-7-10-18-55/h7-38,44-54,68-69H,39-43H2,1-6H3. The van der Waals surface area contributed by atoms with Crippen molar-refractivity contribution in [1.29, 1.82) is 0 Å². The molecular formula is C87H73BN4. The molecule has 0 N–H and O–H groups in total. The molecule has 444 valence electrons. The lowest BCUT2D eigenvalue weighted by Crippen LogP contribution is -2.62. The summed E-state index contributed by atoms with van der Waals surface area (Å²) in [7, 11) is 0. The molecule has 4 fully saturated rings. The molecule has 2 aliphatic carbocycles. The van der Waals surface area contributed by atoms with Crippen molar-refractivity contribution < 1.29 is 0 Å². The average Bonchev–Trinajstić information content (AvgIpc) is 0.719. The van der Waals surface area contributed by atoms with Crippen LogP contribution in [0.15, 0.2) is 249 Å². The maximum absolute atomic E-state index is 2.93. The van der Waals surface area contributed by atoms with E-state index in [9.17, 15) is 0 Å². The number of piperidine rings is 2. The Morgan fingerprint density at radius 2 is 0.815 bits per heavy atom. The highest BCUT2D eigenvalue weighted by Gasteiger charge is 2.49. The number of rotatable bonds is 7. The Bertz CT molecular complexity index is 5240. The van der Waals surface area contributed by atoms with Gasteiger partial charge in [-0.3, -0.25) is 0 Å². The smallest absolute Gasteiger partial charge is 0.252 e. The van der Waals surface area contributed by atoms with E-state index in [-0.39, 0.29) is 17.5 Å². The molecule has 0 unspecified atom stereocenters. The number of fused-ring (bicyclic) bond motifs is 7. The van der Waals surface area contributed by atoms with Crippen LogP contribution in [-0.4, -0.2) is 23.4 Å². The van der Waals surface area contributed by atoms with Crippen molar-refractivity contribution in [1.82, 2.24) is 4.57 Å². The van der Waals surface area contributed by atoms with Crippen LogP contribution in [-0.2, 0) is 10.8 Å². The van der Waals surface area contributed by atoms with E-state index in [4.69, 9.17) is 0 Å². The molecule has 92 heavy (non-hydrogen) atoms. The van der Waals surface area contributed by atoms with Gasteiger partial charge in [0, 0.05) is 68.4 Å². The lowest BCUT2D eigenvalue weighted by molar-refractivity contribution is 0.0900. The molecule has 14 aromatic rings. The molecule has 6 aliphatic rings. The van der Waals surface area contributed by atoms with E-state index in [2.05, 4.69) is 310 Å². The van der Waals surface area contributed by atoms with Crippen molar-refractivity contribution in [3.63, 3.8) is 0 Å². The van der Waals surface area contributed by atoms with Gasteiger partial charge in [0.05, 0.1) is 11.0 Å². The predicted molar refractivity (Wildman–Crippen MR) is 392 cm³/mol. The molecule has 0 spiro atoms. The van der Waals surface area contributed by atoms with Crippen molar-refractivity contribution >= 4 is 117 Å².